The Bertz CT molecular complexity index is 1320. The molecule has 1 saturated carbocycles. The van der Waals surface area contributed by atoms with Crippen molar-refractivity contribution < 1.29 is 18.8 Å². The van der Waals surface area contributed by atoms with Crippen molar-refractivity contribution in [3.8, 4) is 0 Å². The fourth-order valence-electron chi connectivity index (χ4n) is 4.53. The van der Waals surface area contributed by atoms with Crippen LogP contribution in [0.2, 0.25) is 0 Å². The zero-order valence-electron chi connectivity index (χ0n) is 19.7. The lowest BCUT2D eigenvalue weighted by atomic mass is 10.00. The van der Waals surface area contributed by atoms with Crippen LogP contribution in [0, 0.1) is 11.7 Å². The van der Waals surface area contributed by atoms with Crippen LogP contribution < -0.4 is 21.3 Å². The average Bonchev–Trinajstić information content (AvgIpc) is 3.74. The highest BCUT2D eigenvalue weighted by Gasteiger charge is 2.40. The molecular formula is C28H27FN4O3. The number of nitrogens with one attached hydrogen (secondary N) is 2. The molecule has 1 fully saturated rings. The van der Waals surface area contributed by atoms with Gasteiger partial charge in [-0.15, -0.1) is 0 Å². The number of carbonyl (C=O) groups is 3. The molecule has 1 atom stereocenters. The third-order valence-electron chi connectivity index (χ3n) is 6.58. The van der Waals surface area contributed by atoms with Crippen molar-refractivity contribution in [3.63, 3.8) is 0 Å². The molecule has 2 aliphatic rings. The third-order valence-corrected chi connectivity index (χ3v) is 6.58. The fourth-order valence-corrected chi connectivity index (χ4v) is 4.53. The van der Waals surface area contributed by atoms with E-state index in [4.69, 9.17) is 5.73 Å². The number of hydrogen-bond acceptors (Lipinski definition) is 4. The van der Waals surface area contributed by atoms with Crippen LogP contribution in [0.4, 0.5) is 15.8 Å². The number of carbonyl (C=O) groups excluding carboxylic acids is 3. The summed E-state index contributed by atoms with van der Waals surface area (Å²) in [5, 5.41) is 5.75. The van der Waals surface area contributed by atoms with E-state index < -0.39 is 6.04 Å². The predicted octanol–water partition coefficient (Wildman–Crippen LogP) is 4.04. The van der Waals surface area contributed by atoms with E-state index in [0.717, 1.165) is 24.0 Å². The Hall–Kier alpha value is -4.04. The predicted molar refractivity (Wildman–Crippen MR) is 135 cm³/mol. The molecule has 184 valence electrons. The van der Waals surface area contributed by atoms with Crippen LogP contribution in [0.3, 0.4) is 0 Å². The smallest absolute Gasteiger partial charge is 0.251 e. The van der Waals surface area contributed by atoms with E-state index in [1.54, 1.807) is 35.2 Å². The van der Waals surface area contributed by atoms with Gasteiger partial charge in [-0.05, 0) is 59.9 Å². The molecule has 0 spiro atoms. The molecule has 8 heteroatoms. The lowest BCUT2D eigenvalue weighted by Crippen LogP contribution is -2.36. The maximum Gasteiger partial charge on any atom is 0.251 e. The maximum absolute atomic E-state index is 13.6. The second-order valence-corrected chi connectivity index (χ2v) is 9.24. The van der Waals surface area contributed by atoms with E-state index in [1.165, 1.54) is 12.1 Å². The van der Waals surface area contributed by atoms with Gasteiger partial charge in [0.15, 0.2) is 0 Å². The summed E-state index contributed by atoms with van der Waals surface area (Å²) < 4.78 is 13.6. The van der Waals surface area contributed by atoms with E-state index >= 15 is 0 Å². The Balaban J connectivity index is 1.44. The topological polar surface area (TPSA) is 105 Å². The van der Waals surface area contributed by atoms with Crippen molar-refractivity contribution in [2.45, 2.75) is 38.4 Å². The van der Waals surface area contributed by atoms with Gasteiger partial charge in [0.2, 0.25) is 11.8 Å². The molecule has 3 amide bonds. The Labute approximate surface area is 208 Å². The lowest BCUT2D eigenvalue weighted by Gasteiger charge is -2.31. The van der Waals surface area contributed by atoms with Gasteiger partial charge in [-0.25, -0.2) is 4.39 Å². The van der Waals surface area contributed by atoms with E-state index in [2.05, 4.69) is 10.6 Å². The van der Waals surface area contributed by atoms with Crippen molar-refractivity contribution >= 4 is 29.1 Å². The minimum Gasteiger partial charge on any atom is -0.348 e. The third kappa shape index (κ3) is 4.99. The second kappa shape index (κ2) is 9.91. The van der Waals surface area contributed by atoms with Crippen LogP contribution in [-0.2, 0) is 22.7 Å². The van der Waals surface area contributed by atoms with E-state index in [9.17, 15) is 18.8 Å². The van der Waals surface area contributed by atoms with Crippen molar-refractivity contribution in [2.75, 3.05) is 10.2 Å². The monoisotopic (exact) mass is 486 g/mol. The molecule has 0 bridgehead atoms. The first-order valence-corrected chi connectivity index (χ1v) is 12.0. The number of hydrogen-bond donors (Lipinski definition) is 3. The quantitative estimate of drug-likeness (QED) is 0.489. The molecule has 3 aromatic rings. The van der Waals surface area contributed by atoms with Crippen LogP contribution in [0.1, 0.15) is 52.4 Å². The number of amides is 3. The summed E-state index contributed by atoms with van der Waals surface area (Å²) in [5.74, 6) is -1.14. The van der Waals surface area contributed by atoms with E-state index in [-0.39, 0.29) is 35.9 Å². The molecule has 0 saturated heterocycles. The standard InChI is InChI=1S/C28H27FN4O3/c29-22-9-6-19(7-10-22)25-14-26(34)32-23-13-21(8-11-24(23)33(25)28(36)20-4-5-20)27(35)31-16-18-3-1-2-17(12-18)15-30/h1-3,6-13,20,25H,4-5,14-16,30H2,(H,31,35)(H,32,34). The molecule has 0 aromatic heterocycles. The number of fused-ring (bicyclic) bond motifs is 1. The highest BCUT2D eigenvalue weighted by Crippen LogP contribution is 2.43. The highest BCUT2D eigenvalue weighted by molar-refractivity contribution is 6.07. The molecule has 7 nitrogen and oxygen atoms in total. The summed E-state index contributed by atoms with van der Waals surface area (Å²) >= 11 is 0. The number of nitrogens with zero attached hydrogens (tertiary/aromatic N) is 1. The number of rotatable bonds is 6. The number of anilines is 2. The van der Waals surface area contributed by atoms with Crippen molar-refractivity contribution in [1.82, 2.24) is 5.32 Å². The molecule has 1 aliphatic heterocycles. The van der Waals surface area contributed by atoms with Crippen molar-refractivity contribution in [3.05, 3.63) is 94.8 Å². The first-order chi connectivity index (χ1) is 17.4. The summed E-state index contributed by atoms with van der Waals surface area (Å²) in [6, 6.07) is 17.9. The van der Waals surface area contributed by atoms with Gasteiger partial charge in [-0.1, -0.05) is 36.4 Å². The summed E-state index contributed by atoms with van der Waals surface area (Å²) in [5.41, 5.74) is 9.57. The van der Waals surface area contributed by atoms with E-state index in [1.807, 2.05) is 24.3 Å². The molecule has 1 unspecified atom stereocenters. The molecular weight excluding hydrogens is 459 g/mol. The van der Waals surface area contributed by atoms with Gasteiger partial charge < -0.3 is 21.3 Å². The minimum absolute atomic E-state index is 0.0256. The van der Waals surface area contributed by atoms with Crippen LogP contribution >= 0.6 is 0 Å². The van der Waals surface area contributed by atoms with Crippen LogP contribution in [-0.4, -0.2) is 17.7 Å². The van der Waals surface area contributed by atoms with Crippen molar-refractivity contribution in [1.29, 1.82) is 0 Å². The summed E-state index contributed by atoms with van der Waals surface area (Å²) in [4.78, 5) is 40.8. The molecule has 5 rings (SSSR count). The summed E-state index contributed by atoms with van der Waals surface area (Å²) in [6.45, 7) is 0.746. The zero-order chi connectivity index (χ0) is 25.2. The van der Waals surface area contributed by atoms with Gasteiger partial charge in [-0.3, -0.25) is 14.4 Å². The second-order valence-electron chi connectivity index (χ2n) is 9.24. The summed E-state index contributed by atoms with van der Waals surface area (Å²) in [7, 11) is 0. The molecule has 0 radical (unpaired) electrons. The normalized spacial score (nSPS) is 17.1. The number of nitrogens with two attached hydrogens (primary N) is 1. The maximum atomic E-state index is 13.6. The van der Waals surface area contributed by atoms with Crippen LogP contribution in [0.15, 0.2) is 66.7 Å². The summed E-state index contributed by atoms with van der Waals surface area (Å²) in [6.07, 6.45) is 1.62. The fraction of sp³-hybridized carbons (Fsp3) is 0.250. The van der Waals surface area contributed by atoms with Gasteiger partial charge >= 0.3 is 0 Å². The zero-order valence-corrected chi connectivity index (χ0v) is 19.7. The highest BCUT2D eigenvalue weighted by atomic mass is 19.1. The minimum atomic E-state index is -0.575. The van der Waals surface area contributed by atoms with Crippen molar-refractivity contribution in [2.24, 2.45) is 11.7 Å². The molecule has 3 aromatic carbocycles. The Kier molecular flexibility index (Phi) is 6.52. The number of halogens is 1. The largest absolute Gasteiger partial charge is 0.348 e. The molecule has 4 N–H and O–H groups in total. The molecule has 36 heavy (non-hydrogen) atoms. The van der Waals surface area contributed by atoms with E-state index in [0.29, 0.717) is 35.6 Å². The Morgan fingerprint density at radius 3 is 2.50 bits per heavy atom. The van der Waals surface area contributed by atoms with Gasteiger partial charge in [0.25, 0.3) is 5.91 Å². The van der Waals surface area contributed by atoms with Gasteiger partial charge in [-0.2, -0.15) is 0 Å². The van der Waals surface area contributed by atoms with Gasteiger partial charge in [0.05, 0.1) is 23.8 Å². The van der Waals surface area contributed by atoms with Gasteiger partial charge in [0.1, 0.15) is 5.82 Å². The van der Waals surface area contributed by atoms with Crippen LogP contribution in [0.25, 0.3) is 0 Å². The molecule has 1 aliphatic carbocycles. The lowest BCUT2D eigenvalue weighted by molar-refractivity contribution is -0.120. The Morgan fingerprint density at radius 1 is 1.03 bits per heavy atom. The SMILES string of the molecule is NCc1cccc(CNC(=O)c2ccc3c(c2)NC(=O)CC(c2ccc(F)cc2)N3C(=O)C2CC2)c1. The first-order valence-electron chi connectivity index (χ1n) is 12.0. The first kappa shape index (κ1) is 23.7. The Morgan fingerprint density at radius 2 is 1.78 bits per heavy atom. The average molecular weight is 487 g/mol. The molecule has 1 heterocycles. The van der Waals surface area contributed by atoms with Gasteiger partial charge in [0, 0.05) is 24.6 Å². The van der Waals surface area contributed by atoms with Crippen LogP contribution in [0.5, 0.6) is 0 Å². The number of benzene rings is 3.